The number of aromatic nitrogens is 5. The molecule has 0 saturated carbocycles. The summed E-state index contributed by atoms with van der Waals surface area (Å²) in [6.07, 6.45) is 1.48. The number of hydrogen-bond donors (Lipinski definition) is 2. The quantitative estimate of drug-likeness (QED) is 0.304. The number of hydrogen-bond acceptors (Lipinski definition) is 10. The lowest BCUT2D eigenvalue weighted by Crippen LogP contribution is -2.19. The van der Waals surface area contributed by atoms with Crippen LogP contribution in [0.15, 0.2) is 58.3 Å². The Morgan fingerprint density at radius 1 is 1.21 bits per heavy atom. The minimum atomic E-state index is -0.579. The highest BCUT2D eigenvalue weighted by atomic mass is 16.6. The first-order chi connectivity index (χ1) is 16.1. The van der Waals surface area contributed by atoms with E-state index >= 15 is 0 Å². The molecule has 33 heavy (non-hydrogen) atoms. The Hall–Kier alpha value is -4.74. The Balaban J connectivity index is 1.61. The first kappa shape index (κ1) is 21.5. The maximum absolute atomic E-state index is 12.9. The van der Waals surface area contributed by atoms with Crippen LogP contribution >= 0.6 is 0 Å². The van der Waals surface area contributed by atoms with Crippen LogP contribution in [0.1, 0.15) is 23.0 Å². The van der Waals surface area contributed by atoms with Gasteiger partial charge in [-0.15, -0.1) is 5.10 Å². The van der Waals surface area contributed by atoms with Crippen LogP contribution in [0.25, 0.3) is 17.1 Å². The van der Waals surface area contributed by atoms with Crippen molar-refractivity contribution >= 4 is 17.9 Å². The minimum Gasteiger partial charge on any atom is -0.493 e. The second-order valence-corrected chi connectivity index (χ2v) is 6.58. The van der Waals surface area contributed by atoms with E-state index in [9.17, 15) is 4.79 Å². The maximum Gasteiger partial charge on any atom is 0.294 e. The van der Waals surface area contributed by atoms with Crippen molar-refractivity contribution in [3.8, 4) is 28.6 Å². The highest BCUT2D eigenvalue weighted by molar-refractivity contribution is 5.98. The number of methoxy groups -OCH3 is 1. The van der Waals surface area contributed by atoms with E-state index in [-0.39, 0.29) is 17.3 Å². The summed E-state index contributed by atoms with van der Waals surface area (Å²) in [5.74, 6) is 0.717. The maximum atomic E-state index is 12.9. The van der Waals surface area contributed by atoms with Crippen molar-refractivity contribution in [3.05, 3.63) is 59.8 Å². The third-order valence-electron chi connectivity index (χ3n) is 4.50. The van der Waals surface area contributed by atoms with Gasteiger partial charge in [0.25, 0.3) is 5.91 Å². The predicted molar refractivity (Wildman–Crippen MR) is 118 cm³/mol. The average molecular weight is 448 g/mol. The van der Waals surface area contributed by atoms with Crippen LogP contribution < -0.4 is 20.6 Å². The summed E-state index contributed by atoms with van der Waals surface area (Å²) < 4.78 is 16.8. The number of carbonyl (C=O) groups excluding carboxylic acids is 1. The zero-order valence-corrected chi connectivity index (χ0v) is 17.8. The molecule has 12 heteroatoms. The summed E-state index contributed by atoms with van der Waals surface area (Å²) in [6.45, 7) is 2.36. The monoisotopic (exact) mass is 448 g/mol. The number of nitrogen functional groups attached to an aromatic ring is 1. The van der Waals surface area contributed by atoms with E-state index in [1.165, 1.54) is 10.9 Å². The molecule has 4 rings (SSSR count). The van der Waals surface area contributed by atoms with Crippen LogP contribution in [0.2, 0.25) is 0 Å². The van der Waals surface area contributed by atoms with E-state index in [4.69, 9.17) is 15.2 Å². The number of rotatable bonds is 8. The van der Waals surface area contributed by atoms with Gasteiger partial charge in [0.15, 0.2) is 17.2 Å². The molecule has 0 aliphatic rings. The van der Waals surface area contributed by atoms with Gasteiger partial charge in [-0.25, -0.2) is 10.1 Å². The summed E-state index contributed by atoms with van der Waals surface area (Å²) >= 11 is 0. The Morgan fingerprint density at radius 2 is 2.03 bits per heavy atom. The summed E-state index contributed by atoms with van der Waals surface area (Å²) in [7, 11) is 1.56. The molecule has 0 fully saturated rings. The number of carbonyl (C=O) groups is 1. The fraction of sp³-hybridized carbons (Fsp3) is 0.143. The fourth-order valence-corrected chi connectivity index (χ4v) is 3.04. The molecule has 0 bridgehead atoms. The van der Waals surface area contributed by atoms with Crippen LogP contribution in [0, 0.1) is 0 Å². The highest BCUT2D eigenvalue weighted by Gasteiger charge is 2.25. The van der Waals surface area contributed by atoms with Crippen molar-refractivity contribution in [1.82, 2.24) is 30.7 Å². The van der Waals surface area contributed by atoms with E-state index in [1.54, 1.807) is 37.4 Å². The lowest BCUT2D eigenvalue weighted by Gasteiger charge is -2.09. The number of ether oxygens (including phenoxy) is 2. The lowest BCUT2D eigenvalue weighted by atomic mass is 10.1. The first-order valence-corrected chi connectivity index (χ1v) is 9.86. The summed E-state index contributed by atoms with van der Waals surface area (Å²) in [6, 6.07) is 14.4. The third kappa shape index (κ3) is 4.49. The molecule has 0 saturated heterocycles. The summed E-state index contributed by atoms with van der Waals surface area (Å²) in [5.41, 5.74) is 10.0. The number of anilines is 1. The first-order valence-electron chi connectivity index (χ1n) is 9.86. The molecular formula is C21H20N8O4. The molecule has 12 nitrogen and oxygen atoms in total. The van der Waals surface area contributed by atoms with Crippen molar-refractivity contribution in [1.29, 1.82) is 0 Å². The SMILES string of the molecule is CCOc1cc(/C=N/NC(=O)c2nnn(-c3nonc3N)c2-c2ccccc2)ccc1OC. The smallest absolute Gasteiger partial charge is 0.294 e. The lowest BCUT2D eigenvalue weighted by molar-refractivity contribution is 0.0950. The van der Waals surface area contributed by atoms with Crippen molar-refractivity contribution in [2.75, 3.05) is 19.5 Å². The Bertz CT molecular complexity index is 1280. The number of benzene rings is 2. The van der Waals surface area contributed by atoms with Gasteiger partial charge >= 0.3 is 0 Å². The molecule has 0 atom stereocenters. The normalized spacial score (nSPS) is 11.0. The highest BCUT2D eigenvalue weighted by Crippen LogP contribution is 2.28. The molecule has 1 amide bonds. The van der Waals surface area contributed by atoms with Gasteiger partial charge < -0.3 is 15.2 Å². The summed E-state index contributed by atoms with van der Waals surface area (Å²) in [4.78, 5) is 12.9. The van der Waals surface area contributed by atoms with Crippen molar-refractivity contribution in [2.45, 2.75) is 6.92 Å². The predicted octanol–water partition coefficient (Wildman–Crippen LogP) is 2.07. The van der Waals surface area contributed by atoms with Gasteiger partial charge in [-0.1, -0.05) is 35.5 Å². The van der Waals surface area contributed by atoms with Gasteiger partial charge in [-0.05, 0) is 41.0 Å². The van der Waals surface area contributed by atoms with E-state index in [2.05, 4.69) is 35.8 Å². The van der Waals surface area contributed by atoms with Gasteiger partial charge in [0.05, 0.1) is 19.9 Å². The molecule has 4 aromatic rings. The number of nitrogens with two attached hydrogens (primary N) is 1. The van der Waals surface area contributed by atoms with E-state index < -0.39 is 5.91 Å². The second-order valence-electron chi connectivity index (χ2n) is 6.58. The van der Waals surface area contributed by atoms with E-state index in [0.29, 0.717) is 34.9 Å². The van der Waals surface area contributed by atoms with Crippen LogP contribution in [-0.2, 0) is 0 Å². The van der Waals surface area contributed by atoms with Crippen molar-refractivity contribution in [2.24, 2.45) is 5.10 Å². The average Bonchev–Trinajstić information content (AvgIpc) is 3.46. The van der Waals surface area contributed by atoms with E-state index in [0.717, 1.165) is 0 Å². The largest absolute Gasteiger partial charge is 0.493 e. The Labute approximate surface area is 188 Å². The molecule has 0 aliphatic heterocycles. The van der Waals surface area contributed by atoms with Crippen molar-refractivity contribution < 1.29 is 18.9 Å². The molecule has 3 N–H and O–H groups in total. The molecule has 0 spiro atoms. The molecule has 2 aromatic carbocycles. The molecule has 2 heterocycles. The Kier molecular flexibility index (Phi) is 6.25. The van der Waals surface area contributed by atoms with E-state index in [1.807, 2.05) is 25.1 Å². The van der Waals surface area contributed by atoms with Crippen LogP contribution in [0.3, 0.4) is 0 Å². The number of nitrogens with one attached hydrogen (secondary N) is 1. The molecule has 0 radical (unpaired) electrons. The van der Waals surface area contributed by atoms with Crippen LogP contribution in [-0.4, -0.2) is 51.1 Å². The topological polar surface area (TPSA) is 156 Å². The fourth-order valence-electron chi connectivity index (χ4n) is 3.04. The van der Waals surface area contributed by atoms with Gasteiger partial charge in [0.1, 0.15) is 5.69 Å². The van der Waals surface area contributed by atoms with Crippen molar-refractivity contribution in [3.63, 3.8) is 0 Å². The summed E-state index contributed by atoms with van der Waals surface area (Å²) in [5, 5.41) is 19.4. The zero-order valence-electron chi connectivity index (χ0n) is 17.8. The molecule has 2 aromatic heterocycles. The van der Waals surface area contributed by atoms with Gasteiger partial charge in [0, 0.05) is 5.56 Å². The standard InChI is InChI=1S/C21H20N8O4/c1-3-32-16-11-13(9-10-15(16)31-2)12-23-25-21(30)17-18(14-7-5-4-6-8-14)29(28-24-17)20-19(22)26-33-27-20/h4-12H,3H2,1-2H3,(H2,22,26)(H,25,30)/b23-12+. The van der Waals surface area contributed by atoms with Crippen LogP contribution in [0.4, 0.5) is 5.82 Å². The Morgan fingerprint density at radius 3 is 2.73 bits per heavy atom. The second kappa shape index (κ2) is 9.60. The minimum absolute atomic E-state index is 0.00617. The zero-order chi connectivity index (χ0) is 23.2. The molecular weight excluding hydrogens is 428 g/mol. The van der Waals surface area contributed by atoms with Gasteiger partial charge in [-0.3, -0.25) is 4.79 Å². The molecule has 0 unspecified atom stereocenters. The third-order valence-corrected chi connectivity index (χ3v) is 4.50. The van der Waals surface area contributed by atoms with Crippen LogP contribution in [0.5, 0.6) is 11.5 Å². The van der Waals surface area contributed by atoms with Gasteiger partial charge in [0.2, 0.25) is 11.6 Å². The molecule has 168 valence electrons. The number of amides is 1. The number of nitrogens with zero attached hydrogens (tertiary/aromatic N) is 6. The van der Waals surface area contributed by atoms with Gasteiger partial charge in [-0.2, -0.15) is 9.78 Å². The molecule has 0 aliphatic carbocycles. The number of hydrazone groups is 1.